The molecule has 0 amide bonds. The molecule has 0 unspecified atom stereocenters. The maximum absolute atomic E-state index is 12.6. The number of hydrogen-bond donors (Lipinski definition) is 2. The van der Waals surface area contributed by atoms with Gasteiger partial charge in [0.2, 0.25) is 0 Å². The van der Waals surface area contributed by atoms with Crippen LogP contribution in [0, 0.1) is 0 Å². The minimum Gasteiger partial charge on any atom is -0.477 e. The number of thiophene rings is 1. The molecule has 2 N–H and O–H groups in total. The predicted molar refractivity (Wildman–Crippen MR) is 58.6 cm³/mol. The first kappa shape index (κ1) is 13.6. The number of hydrogen-bond acceptors (Lipinski definition) is 3. The molecule has 90 valence electrons. The summed E-state index contributed by atoms with van der Waals surface area (Å²) in [5.74, 6) is -5.94. The van der Waals surface area contributed by atoms with E-state index in [9.17, 15) is 13.6 Å². The number of alkyl halides is 2. The highest BCUT2D eigenvalue weighted by atomic mass is 35.5. The topological polar surface area (TPSA) is 49.3 Å². The maximum Gasteiger partial charge on any atom is 0.375 e. The fraction of sp³-hybridized carbons (Fsp3) is 0.375. The van der Waals surface area contributed by atoms with E-state index in [2.05, 4.69) is 5.32 Å². The van der Waals surface area contributed by atoms with E-state index in [-0.39, 0.29) is 6.54 Å². The van der Waals surface area contributed by atoms with Gasteiger partial charge in [-0.1, -0.05) is 23.2 Å². The molecular formula is C8H7Cl2F2NO2S. The second kappa shape index (κ2) is 5.27. The van der Waals surface area contributed by atoms with Crippen LogP contribution in [0.25, 0.3) is 0 Å². The Morgan fingerprint density at radius 1 is 1.56 bits per heavy atom. The number of carboxylic acid groups (broad SMARTS) is 1. The van der Waals surface area contributed by atoms with Crippen molar-refractivity contribution >= 4 is 40.5 Å². The fourth-order valence-corrected chi connectivity index (χ4v) is 2.41. The van der Waals surface area contributed by atoms with Gasteiger partial charge in [0.15, 0.2) is 0 Å². The van der Waals surface area contributed by atoms with Crippen molar-refractivity contribution in [3.8, 4) is 0 Å². The Labute approximate surface area is 104 Å². The van der Waals surface area contributed by atoms with Crippen molar-refractivity contribution in [3.63, 3.8) is 0 Å². The van der Waals surface area contributed by atoms with Crippen molar-refractivity contribution in [2.24, 2.45) is 0 Å². The van der Waals surface area contributed by atoms with Crippen LogP contribution in [0.4, 0.5) is 8.78 Å². The molecule has 0 spiro atoms. The molecule has 0 bridgehead atoms. The average molecular weight is 290 g/mol. The van der Waals surface area contributed by atoms with E-state index in [4.69, 9.17) is 28.3 Å². The van der Waals surface area contributed by atoms with Crippen molar-refractivity contribution in [3.05, 3.63) is 20.3 Å². The Morgan fingerprint density at radius 3 is 2.62 bits per heavy atom. The Balaban J connectivity index is 2.48. The SMILES string of the molecule is O=C(O)C(F)(F)CNCc1cc(Cl)sc1Cl. The van der Waals surface area contributed by atoms with Crippen LogP contribution in [-0.2, 0) is 11.3 Å². The van der Waals surface area contributed by atoms with Crippen LogP contribution in [0.5, 0.6) is 0 Å². The smallest absolute Gasteiger partial charge is 0.375 e. The summed E-state index contributed by atoms with van der Waals surface area (Å²) < 4.78 is 26.1. The lowest BCUT2D eigenvalue weighted by atomic mass is 10.3. The van der Waals surface area contributed by atoms with Gasteiger partial charge in [-0.15, -0.1) is 11.3 Å². The fourth-order valence-electron chi connectivity index (χ4n) is 0.925. The zero-order chi connectivity index (χ0) is 12.3. The average Bonchev–Trinajstić information content (AvgIpc) is 2.44. The summed E-state index contributed by atoms with van der Waals surface area (Å²) in [4.78, 5) is 10.1. The van der Waals surface area contributed by atoms with Gasteiger partial charge in [-0.3, -0.25) is 0 Å². The molecule has 0 aliphatic rings. The Kier molecular flexibility index (Phi) is 4.49. The summed E-state index contributed by atoms with van der Waals surface area (Å²) in [6, 6.07) is 1.54. The summed E-state index contributed by atoms with van der Waals surface area (Å²) in [5.41, 5.74) is 0.567. The predicted octanol–water partition coefficient (Wildman–Crippen LogP) is 2.86. The van der Waals surface area contributed by atoms with Crippen molar-refractivity contribution < 1.29 is 18.7 Å². The molecule has 0 aromatic carbocycles. The van der Waals surface area contributed by atoms with Crippen LogP contribution in [-0.4, -0.2) is 23.5 Å². The Morgan fingerprint density at radius 2 is 2.19 bits per heavy atom. The molecule has 1 heterocycles. The first-order valence-electron chi connectivity index (χ1n) is 4.08. The summed E-state index contributed by atoms with van der Waals surface area (Å²) in [7, 11) is 0. The van der Waals surface area contributed by atoms with E-state index >= 15 is 0 Å². The van der Waals surface area contributed by atoms with E-state index < -0.39 is 18.4 Å². The van der Waals surface area contributed by atoms with E-state index in [1.165, 1.54) is 0 Å². The van der Waals surface area contributed by atoms with Crippen LogP contribution in [0.1, 0.15) is 5.56 Å². The van der Waals surface area contributed by atoms with Crippen molar-refractivity contribution in [2.45, 2.75) is 12.5 Å². The van der Waals surface area contributed by atoms with E-state index in [0.29, 0.717) is 14.2 Å². The lowest BCUT2D eigenvalue weighted by Gasteiger charge is -2.11. The van der Waals surface area contributed by atoms with Crippen LogP contribution >= 0.6 is 34.5 Å². The van der Waals surface area contributed by atoms with Crippen LogP contribution in [0.2, 0.25) is 8.67 Å². The van der Waals surface area contributed by atoms with Crippen molar-refractivity contribution in [1.29, 1.82) is 0 Å². The molecule has 1 rings (SSSR count). The zero-order valence-corrected chi connectivity index (χ0v) is 10.1. The number of nitrogens with one attached hydrogen (secondary N) is 1. The molecule has 8 heteroatoms. The van der Waals surface area contributed by atoms with Gasteiger partial charge in [0.1, 0.15) is 0 Å². The molecule has 16 heavy (non-hydrogen) atoms. The Hall–Kier alpha value is -0.430. The molecule has 0 aliphatic heterocycles. The quantitative estimate of drug-likeness (QED) is 0.876. The minimum absolute atomic E-state index is 0.0466. The van der Waals surface area contributed by atoms with E-state index in [1.54, 1.807) is 6.07 Å². The molecule has 0 saturated heterocycles. The zero-order valence-electron chi connectivity index (χ0n) is 7.77. The largest absolute Gasteiger partial charge is 0.477 e. The summed E-state index contributed by atoms with van der Waals surface area (Å²) in [5, 5.41) is 10.5. The summed E-state index contributed by atoms with van der Waals surface area (Å²) in [6.45, 7) is -0.906. The highest BCUT2D eigenvalue weighted by Crippen LogP contribution is 2.31. The third kappa shape index (κ3) is 3.55. The van der Waals surface area contributed by atoms with Crippen LogP contribution < -0.4 is 5.32 Å². The number of carboxylic acids is 1. The molecule has 3 nitrogen and oxygen atoms in total. The van der Waals surface area contributed by atoms with Crippen LogP contribution in [0.3, 0.4) is 0 Å². The molecule has 1 aromatic rings. The first-order valence-corrected chi connectivity index (χ1v) is 5.66. The number of carbonyl (C=O) groups is 1. The van der Waals surface area contributed by atoms with E-state index in [0.717, 1.165) is 11.3 Å². The lowest BCUT2D eigenvalue weighted by molar-refractivity contribution is -0.164. The molecule has 0 aliphatic carbocycles. The molecule has 0 fully saturated rings. The van der Waals surface area contributed by atoms with Gasteiger partial charge in [-0.05, 0) is 11.6 Å². The number of halogens is 4. The van der Waals surface area contributed by atoms with Crippen molar-refractivity contribution in [2.75, 3.05) is 6.54 Å². The van der Waals surface area contributed by atoms with Gasteiger partial charge in [0.05, 0.1) is 15.2 Å². The van der Waals surface area contributed by atoms with E-state index in [1.807, 2.05) is 0 Å². The number of aliphatic carboxylic acids is 1. The molecule has 1 aromatic heterocycles. The highest BCUT2D eigenvalue weighted by Gasteiger charge is 2.38. The Bertz CT molecular complexity index is 397. The third-order valence-corrected chi connectivity index (χ3v) is 3.27. The molecule has 0 saturated carbocycles. The van der Waals surface area contributed by atoms with Gasteiger partial charge < -0.3 is 10.4 Å². The highest BCUT2D eigenvalue weighted by molar-refractivity contribution is 7.20. The van der Waals surface area contributed by atoms with Gasteiger partial charge >= 0.3 is 11.9 Å². The summed E-state index contributed by atoms with van der Waals surface area (Å²) >= 11 is 12.5. The summed E-state index contributed by atoms with van der Waals surface area (Å²) in [6.07, 6.45) is 0. The van der Waals surface area contributed by atoms with Gasteiger partial charge in [-0.25, -0.2) is 4.79 Å². The maximum atomic E-state index is 12.6. The lowest BCUT2D eigenvalue weighted by Crippen LogP contribution is -2.39. The molecular weight excluding hydrogens is 283 g/mol. The monoisotopic (exact) mass is 289 g/mol. The van der Waals surface area contributed by atoms with Crippen LogP contribution in [0.15, 0.2) is 6.07 Å². The standard InChI is InChI=1S/C8H7Cl2F2NO2S/c9-5-1-4(6(10)16-5)2-13-3-8(11,12)7(14)15/h1,13H,2-3H2,(H,14,15). The third-order valence-electron chi connectivity index (χ3n) is 1.70. The normalized spacial score (nSPS) is 11.8. The minimum atomic E-state index is -3.79. The van der Waals surface area contributed by atoms with Gasteiger partial charge in [0.25, 0.3) is 0 Å². The van der Waals surface area contributed by atoms with Gasteiger partial charge in [-0.2, -0.15) is 8.78 Å². The molecule has 0 radical (unpaired) electrons. The first-order chi connectivity index (χ1) is 7.33. The molecule has 0 atom stereocenters. The van der Waals surface area contributed by atoms with Gasteiger partial charge in [0, 0.05) is 6.54 Å². The second-order valence-electron chi connectivity index (χ2n) is 2.96. The second-order valence-corrected chi connectivity index (χ2v) is 5.25. The van der Waals surface area contributed by atoms with Crippen molar-refractivity contribution in [1.82, 2.24) is 5.32 Å². The number of rotatable bonds is 5.